The first-order chi connectivity index (χ1) is 11.7. The number of anilines is 2. The third-order valence-corrected chi connectivity index (χ3v) is 3.85. The predicted molar refractivity (Wildman–Crippen MR) is 96.0 cm³/mol. The van der Waals surface area contributed by atoms with Gasteiger partial charge in [-0.3, -0.25) is 9.78 Å². The Kier molecular flexibility index (Phi) is 5.23. The molecule has 124 valence electrons. The number of pyridine rings is 1. The van der Waals surface area contributed by atoms with Crippen molar-refractivity contribution in [1.82, 2.24) is 4.98 Å². The third-order valence-electron chi connectivity index (χ3n) is 3.85. The van der Waals surface area contributed by atoms with Crippen molar-refractivity contribution in [1.29, 1.82) is 0 Å². The molecule has 1 aromatic heterocycles. The van der Waals surface area contributed by atoms with E-state index in [1.807, 2.05) is 36.4 Å². The SMILES string of the molecule is CC1CN(c2ccc(NC(=O)C=Cc3cccnc3)cc2)CCO1. The van der Waals surface area contributed by atoms with Gasteiger partial charge in [0.1, 0.15) is 0 Å². The largest absolute Gasteiger partial charge is 0.375 e. The van der Waals surface area contributed by atoms with Crippen LogP contribution in [0, 0.1) is 0 Å². The van der Waals surface area contributed by atoms with Gasteiger partial charge in [0, 0.05) is 42.9 Å². The molecule has 1 atom stereocenters. The molecule has 1 fully saturated rings. The van der Waals surface area contributed by atoms with E-state index in [9.17, 15) is 4.79 Å². The van der Waals surface area contributed by atoms with Crippen molar-refractivity contribution in [2.24, 2.45) is 0 Å². The number of nitrogens with zero attached hydrogens (tertiary/aromatic N) is 2. The smallest absolute Gasteiger partial charge is 0.248 e. The predicted octanol–water partition coefficient (Wildman–Crippen LogP) is 2.96. The Morgan fingerprint density at radius 2 is 2.17 bits per heavy atom. The first kappa shape index (κ1) is 16.2. The van der Waals surface area contributed by atoms with E-state index in [1.54, 1.807) is 18.5 Å². The third kappa shape index (κ3) is 4.43. The average Bonchev–Trinajstić information content (AvgIpc) is 2.61. The lowest BCUT2D eigenvalue weighted by atomic mass is 10.2. The maximum atomic E-state index is 12.0. The molecule has 24 heavy (non-hydrogen) atoms. The van der Waals surface area contributed by atoms with Crippen LogP contribution in [-0.2, 0) is 9.53 Å². The quantitative estimate of drug-likeness (QED) is 0.879. The van der Waals surface area contributed by atoms with E-state index in [0.29, 0.717) is 0 Å². The molecule has 5 heteroatoms. The zero-order valence-electron chi connectivity index (χ0n) is 13.7. The van der Waals surface area contributed by atoms with Gasteiger partial charge >= 0.3 is 0 Å². The Labute approximate surface area is 142 Å². The number of benzene rings is 1. The molecule has 2 aromatic rings. The van der Waals surface area contributed by atoms with E-state index in [0.717, 1.165) is 36.6 Å². The van der Waals surface area contributed by atoms with Crippen LogP contribution in [0.1, 0.15) is 12.5 Å². The molecule has 1 amide bonds. The minimum atomic E-state index is -0.161. The van der Waals surface area contributed by atoms with E-state index in [2.05, 4.69) is 22.1 Å². The summed E-state index contributed by atoms with van der Waals surface area (Å²) >= 11 is 0. The van der Waals surface area contributed by atoms with E-state index in [-0.39, 0.29) is 12.0 Å². The molecule has 1 saturated heterocycles. The summed E-state index contributed by atoms with van der Waals surface area (Å²) in [5.41, 5.74) is 2.82. The Morgan fingerprint density at radius 1 is 1.33 bits per heavy atom. The molecule has 0 bridgehead atoms. The van der Waals surface area contributed by atoms with Gasteiger partial charge in [-0.2, -0.15) is 0 Å². The van der Waals surface area contributed by atoms with Crippen LogP contribution in [0.5, 0.6) is 0 Å². The summed E-state index contributed by atoms with van der Waals surface area (Å²) in [7, 11) is 0. The van der Waals surface area contributed by atoms with Gasteiger partial charge in [-0.25, -0.2) is 0 Å². The van der Waals surface area contributed by atoms with E-state index >= 15 is 0 Å². The molecular formula is C19H21N3O2. The van der Waals surface area contributed by atoms with Crippen molar-refractivity contribution in [3.8, 4) is 0 Å². The first-order valence-corrected chi connectivity index (χ1v) is 8.06. The van der Waals surface area contributed by atoms with Gasteiger partial charge in [0.15, 0.2) is 0 Å². The number of ether oxygens (including phenoxy) is 1. The van der Waals surface area contributed by atoms with Crippen molar-refractivity contribution in [2.45, 2.75) is 13.0 Å². The average molecular weight is 323 g/mol. The van der Waals surface area contributed by atoms with Crippen molar-refractivity contribution in [3.63, 3.8) is 0 Å². The Morgan fingerprint density at radius 3 is 2.88 bits per heavy atom. The van der Waals surface area contributed by atoms with Crippen LogP contribution in [0.15, 0.2) is 54.9 Å². The number of rotatable bonds is 4. The first-order valence-electron chi connectivity index (χ1n) is 8.06. The molecule has 0 spiro atoms. The summed E-state index contributed by atoms with van der Waals surface area (Å²) in [6.45, 7) is 4.61. The highest BCUT2D eigenvalue weighted by Gasteiger charge is 2.16. The van der Waals surface area contributed by atoms with Gasteiger partial charge in [-0.15, -0.1) is 0 Å². The van der Waals surface area contributed by atoms with Crippen LogP contribution in [0.4, 0.5) is 11.4 Å². The highest BCUT2D eigenvalue weighted by Crippen LogP contribution is 2.20. The van der Waals surface area contributed by atoms with Gasteiger partial charge in [0.25, 0.3) is 0 Å². The molecule has 1 aromatic carbocycles. The van der Waals surface area contributed by atoms with Crippen LogP contribution in [-0.4, -0.2) is 36.7 Å². The second-order valence-corrected chi connectivity index (χ2v) is 5.78. The summed E-state index contributed by atoms with van der Waals surface area (Å²) in [6, 6.07) is 11.6. The van der Waals surface area contributed by atoms with Crippen LogP contribution >= 0.6 is 0 Å². The lowest BCUT2D eigenvalue weighted by Crippen LogP contribution is -2.41. The van der Waals surface area contributed by atoms with Gasteiger partial charge < -0.3 is 15.0 Å². The van der Waals surface area contributed by atoms with Crippen LogP contribution in [0.3, 0.4) is 0 Å². The normalized spacial score (nSPS) is 17.9. The van der Waals surface area contributed by atoms with Crippen molar-refractivity contribution in [2.75, 3.05) is 29.9 Å². The van der Waals surface area contributed by atoms with Gasteiger partial charge in [-0.1, -0.05) is 6.07 Å². The molecule has 5 nitrogen and oxygen atoms in total. The summed E-state index contributed by atoms with van der Waals surface area (Å²) in [6.07, 6.45) is 6.91. The minimum Gasteiger partial charge on any atom is -0.375 e. The summed E-state index contributed by atoms with van der Waals surface area (Å²) in [5.74, 6) is -0.161. The summed E-state index contributed by atoms with van der Waals surface area (Å²) < 4.78 is 5.56. The molecule has 1 unspecified atom stereocenters. The highest BCUT2D eigenvalue weighted by atomic mass is 16.5. The Balaban J connectivity index is 1.57. The van der Waals surface area contributed by atoms with E-state index in [1.165, 1.54) is 6.08 Å². The molecule has 0 saturated carbocycles. The van der Waals surface area contributed by atoms with Crippen molar-refractivity contribution in [3.05, 3.63) is 60.4 Å². The lowest BCUT2D eigenvalue weighted by Gasteiger charge is -2.33. The van der Waals surface area contributed by atoms with Gasteiger partial charge in [0.2, 0.25) is 5.91 Å². The van der Waals surface area contributed by atoms with Crippen LogP contribution in [0.25, 0.3) is 6.08 Å². The fourth-order valence-corrected chi connectivity index (χ4v) is 2.64. The summed E-state index contributed by atoms with van der Waals surface area (Å²) in [5, 5.41) is 2.86. The maximum Gasteiger partial charge on any atom is 0.248 e. The van der Waals surface area contributed by atoms with E-state index < -0.39 is 0 Å². The van der Waals surface area contributed by atoms with Gasteiger partial charge in [0.05, 0.1) is 12.7 Å². The molecule has 0 aliphatic carbocycles. The second kappa shape index (κ2) is 7.75. The molecule has 3 rings (SSSR count). The monoisotopic (exact) mass is 323 g/mol. The minimum absolute atomic E-state index is 0.161. The second-order valence-electron chi connectivity index (χ2n) is 5.78. The molecule has 2 heterocycles. The number of hydrogen-bond acceptors (Lipinski definition) is 4. The lowest BCUT2D eigenvalue weighted by molar-refractivity contribution is -0.111. The van der Waals surface area contributed by atoms with Gasteiger partial charge in [-0.05, 0) is 48.9 Å². The Bertz CT molecular complexity index is 698. The Hall–Kier alpha value is -2.66. The molecule has 1 aliphatic rings. The number of aromatic nitrogens is 1. The maximum absolute atomic E-state index is 12.0. The van der Waals surface area contributed by atoms with Crippen LogP contribution < -0.4 is 10.2 Å². The summed E-state index contributed by atoms with van der Waals surface area (Å²) in [4.78, 5) is 18.3. The fourth-order valence-electron chi connectivity index (χ4n) is 2.64. The standard InChI is InChI=1S/C19H21N3O2/c1-15-14-22(11-12-24-15)18-7-5-17(6-8-18)21-19(23)9-4-16-3-2-10-20-13-16/h2-10,13,15H,11-12,14H2,1H3,(H,21,23). The number of amides is 1. The number of nitrogens with one attached hydrogen (secondary N) is 1. The van der Waals surface area contributed by atoms with Crippen LogP contribution in [0.2, 0.25) is 0 Å². The van der Waals surface area contributed by atoms with Crippen molar-refractivity contribution >= 4 is 23.4 Å². The van der Waals surface area contributed by atoms with E-state index in [4.69, 9.17) is 4.74 Å². The zero-order chi connectivity index (χ0) is 16.8. The molecule has 1 aliphatic heterocycles. The molecule has 0 radical (unpaired) electrons. The molecule has 1 N–H and O–H groups in total. The number of morpholine rings is 1. The van der Waals surface area contributed by atoms with Crippen molar-refractivity contribution < 1.29 is 9.53 Å². The number of carbonyl (C=O) groups is 1. The number of hydrogen-bond donors (Lipinski definition) is 1. The topological polar surface area (TPSA) is 54.5 Å². The zero-order valence-corrected chi connectivity index (χ0v) is 13.7. The highest BCUT2D eigenvalue weighted by molar-refractivity contribution is 6.01. The molecular weight excluding hydrogens is 302 g/mol. The number of carbonyl (C=O) groups excluding carboxylic acids is 1. The fraction of sp³-hybridized carbons (Fsp3) is 0.263.